The molecule has 126 valence electrons. The summed E-state index contributed by atoms with van der Waals surface area (Å²) in [6.45, 7) is 2.60. The first-order chi connectivity index (χ1) is 11.5. The fraction of sp³-hybridized carbons (Fsp3) is 0.353. The Morgan fingerprint density at radius 2 is 2.17 bits per heavy atom. The minimum absolute atomic E-state index is 0.0125. The Kier molecular flexibility index (Phi) is 5.30. The SMILES string of the molecule is CC1Cc2nc(SCC(=O)NCc3ccccc3)n(C)c(=O)c2S1. The van der Waals surface area contributed by atoms with Crippen LogP contribution in [0, 0.1) is 0 Å². The molecule has 2 aromatic rings. The zero-order chi connectivity index (χ0) is 17.1. The van der Waals surface area contributed by atoms with E-state index in [4.69, 9.17) is 0 Å². The number of carbonyl (C=O) groups is 1. The lowest BCUT2D eigenvalue weighted by atomic mass is 10.2. The molecule has 1 atom stereocenters. The molecule has 1 unspecified atom stereocenters. The maximum atomic E-state index is 12.4. The molecule has 1 N–H and O–H groups in total. The number of nitrogens with zero attached hydrogens (tertiary/aromatic N) is 2. The van der Waals surface area contributed by atoms with Crippen molar-refractivity contribution in [2.75, 3.05) is 5.75 Å². The molecule has 0 radical (unpaired) electrons. The third-order valence-corrected chi connectivity index (χ3v) is 5.99. The van der Waals surface area contributed by atoms with Gasteiger partial charge < -0.3 is 5.32 Å². The average molecular weight is 361 g/mol. The summed E-state index contributed by atoms with van der Waals surface area (Å²) in [5, 5.41) is 3.87. The van der Waals surface area contributed by atoms with E-state index in [0.29, 0.717) is 17.0 Å². The second-order valence-electron chi connectivity index (χ2n) is 5.72. The smallest absolute Gasteiger partial charge is 0.267 e. The first-order valence-corrected chi connectivity index (χ1v) is 9.61. The van der Waals surface area contributed by atoms with Gasteiger partial charge in [0.15, 0.2) is 5.16 Å². The van der Waals surface area contributed by atoms with Gasteiger partial charge in [0.2, 0.25) is 5.91 Å². The number of nitrogens with one attached hydrogen (secondary N) is 1. The van der Waals surface area contributed by atoms with Crippen molar-refractivity contribution in [1.82, 2.24) is 14.9 Å². The molecule has 0 saturated heterocycles. The Bertz CT molecular complexity index is 805. The number of carbonyl (C=O) groups excluding carboxylic acids is 1. The number of hydrogen-bond donors (Lipinski definition) is 1. The van der Waals surface area contributed by atoms with Crippen LogP contribution in [0.15, 0.2) is 45.2 Å². The first kappa shape index (κ1) is 17.1. The van der Waals surface area contributed by atoms with Crippen molar-refractivity contribution in [2.45, 2.75) is 35.2 Å². The molecule has 1 aliphatic rings. The van der Waals surface area contributed by atoms with Gasteiger partial charge >= 0.3 is 0 Å². The molecule has 1 amide bonds. The fourth-order valence-electron chi connectivity index (χ4n) is 2.48. The van der Waals surface area contributed by atoms with Crippen molar-refractivity contribution in [3.8, 4) is 0 Å². The number of benzene rings is 1. The maximum absolute atomic E-state index is 12.4. The largest absolute Gasteiger partial charge is 0.351 e. The van der Waals surface area contributed by atoms with Crippen LogP contribution in [0.5, 0.6) is 0 Å². The number of amides is 1. The second-order valence-corrected chi connectivity index (χ2v) is 8.11. The summed E-state index contributed by atoms with van der Waals surface area (Å²) in [5.74, 6) is 0.176. The minimum Gasteiger partial charge on any atom is -0.351 e. The Hall–Kier alpha value is -1.73. The van der Waals surface area contributed by atoms with Gasteiger partial charge in [-0.2, -0.15) is 0 Å². The molecular formula is C17H19N3O2S2. The highest BCUT2D eigenvalue weighted by molar-refractivity contribution is 8.00. The van der Waals surface area contributed by atoms with Gasteiger partial charge in [-0.1, -0.05) is 49.0 Å². The van der Waals surface area contributed by atoms with Crippen molar-refractivity contribution in [3.63, 3.8) is 0 Å². The summed E-state index contributed by atoms with van der Waals surface area (Å²) in [6.07, 6.45) is 0.809. The van der Waals surface area contributed by atoms with Crippen molar-refractivity contribution in [2.24, 2.45) is 7.05 Å². The van der Waals surface area contributed by atoms with Crippen LogP contribution in [0.1, 0.15) is 18.2 Å². The van der Waals surface area contributed by atoms with Crippen LogP contribution in [0.4, 0.5) is 0 Å². The van der Waals surface area contributed by atoms with Crippen molar-refractivity contribution >= 4 is 29.4 Å². The van der Waals surface area contributed by atoms with Gasteiger partial charge in [0.25, 0.3) is 5.56 Å². The van der Waals surface area contributed by atoms with E-state index in [1.165, 1.54) is 11.8 Å². The summed E-state index contributed by atoms with van der Waals surface area (Å²) in [4.78, 5) is 29.7. The van der Waals surface area contributed by atoms with E-state index >= 15 is 0 Å². The van der Waals surface area contributed by atoms with Gasteiger partial charge in [-0.25, -0.2) is 4.98 Å². The van der Waals surface area contributed by atoms with E-state index in [0.717, 1.165) is 22.6 Å². The fourth-order valence-corrected chi connectivity index (χ4v) is 4.44. The molecule has 0 spiro atoms. The number of rotatable bonds is 5. The van der Waals surface area contributed by atoms with Crippen molar-refractivity contribution in [3.05, 3.63) is 51.9 Å². The summed E-state index contributed by atoms with van der Waals surface area (Å²) in [5.41, 5.74) is 1.91. The zero-order valence-electron chi connectivity index (χ0n) is 13.6. The van der Waals surface area contributed by atoms with Crippen LogP contribution in [0.25, 0.3) is 0 Å². The normalized spacial score (nSPS) is 16.0. The van der Waals surface area contributed by atoms with Crippen LogP contribution >= 0.6 is 23.5 Å². The monoisotopic (exact) mass is 361 g/mol. The van der Waals surface area contributed by atoms with Crippen molar-refractivity contribution in [1.29, 1.82) is 0 Å². The molecule has 0 aliphatic carbocycles. The average Bonchev–Trinajstić information content (AvgIpc) is 2.96. The van der Waals surface area contributed by atoms with E-state index in [-0.39, 0.29) is 17.2 Å². The zero-order valence-corrected chi connectivity index (χ0v) is 15.2. The highest BCUT2D eigenvalue weighted by Crippen LogP contribution is 2.33. The number of hydrogen-bond acceptors (Lipinski definition) is 5. The second kappa shape index (κ2) is 7.44. The predicted molar refractivity (Wildman–Crippen MR) is 97.5 cm³/mol. The number of aromatic nitrogens is 2. The number of fused-ring (bicyclic) bond motifs is 1. The lowest BCUT2D eigenvalue weighted by Gasteiger charge is -2.09. The Balaban J connectivity index is 1.61. The topological polar surface area (TPSA) is 64.0 Å². The standard InChI is InChI=1S/C17H19N3O2S2/c1-11-8-13-15(24-11)16(22)20(2)17(19-13)23-10-14(21)18-9-12-6-4-3-5-7-12/h3-7,11H,8-10H2,1-2H3,(H,18,21). The molecule has 3 rings (SSSR count). The van der Waals surface area contributed by atoms with Gasteiger partial charge in [0.05, 0.1) is 16.3 Å². The van der Waals surface area contributed by atoms with Gasteiger partial charge in [-0.3, -0.25) is 14.2 Å². The molecule has 7 heteroatoms. The molecular weight excluding hydrogens is 342 g/mol. The molecule has 2 heterocycles. The molecule has 0 fully saturated rings. The highest BCUT2D eigenvalue weighted by atomic mass is 32.2. The summed E-state index contributed by atoms with van der Waals surface area (Å²) >= 11 is 2.89. The van der Waals surface area contributed by atoms with Crippen molar-refractivity contribution < 1.29 is 4.79 Å². The van der Waals surface area contributed by atoms with Crippen LogP contribution in [0.2, 0.25) is 0 Å². The van der Waals surface area contributed by atoms with Crippen LogP contribution in [-0.2, 0) is 24.8 Å². The van der Waals surface area contributed by atoms with Gasteiger partial charge in [0.1, 0.15) is 0 Å². The summed E-state index contributed by atoms with van der Waals surface area (Å²) in [7, 11) is 1.71. The lowest BCUT2D eigenvalue weighted by molar-refractivity contribution is -0.118. The van der Waals surface area contributed by atoms with E-state index in [1.807, 2.05) is 30.3 Å². The first-order valence-electron chi connectivity index (χ1n) is 7.74. The molecule has 0 saturated carbocycles. The van der Waals surface area contributed by atoms with Gasteiger partial charge in [-0.15, -0.1) is 11.8 Å². The molecule has 1 aliphatic heterocycles. The minimum atomic E-state index is -0.0682. The highest BCUT2D eigenvalue weighted by Gasteiger charge is 2.25. The van der Waals surface area contributed by atoms with E-state index in [1.54, 1.807) is 23.4 Å². The molecule has 1 aromatic heterocycles. The van der Waals surface area contributed by atoms with E-state index < -0.39 is 0 Å². The van der Waals surface area contributed by atoms with Crippen LogP contribution in [0.3, 0.4) is 0 Å². The number of thioether (sulfide) groups is 2. The quantitative estimate of drug-likeness (QED) is 0.653. The Morgan fingerprint density at radius 1 is 1.42 bits per heavy atom. The van der Waals surface area contributed by atoms with Gasteiger partial charge in [-0.05, 0) is 5.56 Å². The Labute approximate surface area is 149 Å². The third kappa shape index (κ3) is 3.84. The lowest BCUT2D eigenvalue weighted by Crippen LogP contribution is -2.26. The van der Waals surface area contributed by atoms with E-state index in [2.05, 4.69) is 17.2 Å². The summed E-state index contributed by atoms with van der Waals surface area (Å²) < 4.78 is 1.54. The molecule has 0 bridgehead atoms. The van der Waals surface area contributed by atoms with Crippen LogP contribution < -0.4 is 10.9 Å². The summed E-state index contributed by atoms with van der Waals surface area (Å²) in [6, 6.07) is 9.77. The predicted octanol–water partition coefficient (Wildman–Crippen LogP) is 2.23. The third-order valence-electron chi connectivity index (χ3n) is 3.74. The van der Waals surface area contributed by atoms with E-state index in [9.17, 15) is 9.59 Å². The van der Waals surface area contributed by atoms with Crippen LogP contribution in [-0.4, -0.2) is 26.5 Å². The molecule has 5 nitrogen and oxygen atoms in total. The molecule has 24 heavy (non-hydrogen) atoms. The maximum Gasteiger partial charge on any atom is 0.267 e. The molecule has 1 aromatic carbocycles. The van der Waals surface area contributed by atoms with Gasteiger partial charge in [0, 0.05) is 25.3 Å². The Morgan fingerprint density at radius 3 is 2.92 bits per heavy atom.